The molecule has 0 fully saturated rings. The molecule has 7 heteroatoms. The summed E-state index contributed by atoms with van der Waals surface area (Å²) in [5.74, 6) is 0.117. The number of benzene rings is 2. The van der Waals surface area contributed by atoms with Crippen molar-refractivity contribution in [1.29, 1.82) is 0 Å². The molecule has 0 aliphatic carbocycles. The van der Waals surface area contributed by atoms with E-state index in [9.17, 15) is 9.59 Å². The number of hydrogen-bond acceptors (Lipinski definition) is 3. The van der Waals surface area contributed by atoms with Crippen LogP contribution in [0.1, 0.15) is 6.42 Å². The zero-order valence-electron chi connectivity index (χ0n) is 12.7. The summed E-state index contributed by atoms with van der Waals surface area (Å²) in [7, 11) is 0. The molecule has 2 rings (SSSR count). The van der Waals surface area contributed by atoms with Crippen LogP contribution in [0.25, 0.3) is 0 Å². The summed E-state index contributed by atoms with van der Waals surface area (Å²) >= 11 is 13.4. The maximum atomic E-state index is 11.8. The second kappa shape index (κ2) is 9.57. The molecule has 0 aliphatic rings. The molecule has 0 saturated carbocycles. The van der Waals surface area contributed by atoms with Crippen molar-refractivity contribution in [2.45, 2.75) is 11.3 Å². The fraction of sp³-hybridized carbons (Fsp3) is 0.176. The van der Waals surface area contributed by atoms with Gasteiger partial charge < -0.3 is 10.6 Å². The van der Waals surface area contributed by atoms with Crippen molar-refractivity contribution in [3.8, 4) is 0 Å². The van der Waals surface area contributed by atoms with Crippen molar-refractivity contribution >= 4 is 52.5 Å². The molecule has 0 bridgehead atoms. The monoisotopic (exact) mass is 382 g/mol. The van der Waals surface area contributed by atoms with Crippen molar-refractivity contribution in [3.05, 3.63) is 58.6 Å². The van der Waals surface area contributed by atoms with Crippen molar-refractivity contribution in [1.82, 2.24) is 5.32 Å². The Hall–Kier alpha value is -1.69. The van der Waals surface area contributed by atoms with E-state index >= 15 is 0 Å². The summed E-state index contributed by atoms with van der Waals surface area (Å²) in [6, 6.07) is 14.6. The van der Waals surface area contributed by atoms with Gasteiger partial charge in [-0.25, -0.2) is 0 Å². The average Bonchev–Trinajstić information content (AvgIpc) is 2.57. The largest absolute Gasteiger partial charge is 0.347 e. The smallest absolute Gasteiger partial charge is 0.243 e. The SMILES string of the molecule is O=C(CCSc1ccccc1)NCC(=O)Nc1cc(Cl)ccc1Cl. The number of carbonyl (C=O) groups is 2. The number of hydrogen-bond donors (Lipinski definition) is 2. The highest BCUT2D eigenvalue weighted by Gasteiger charge is 2.08. The highest BCUT2D eigenvalue weighted by Crippen LogP contribution is 2.25. The lowest BCUT2D eigenvalue weighted by atomic mass is 10.3. The van der Waals surface area contributed by atoms with Gasteiger partial charge in [-0.1, -0.05) is 41.4 Å². The van der Waals surface area contributed by atoms with E-state index in [0.717, 1.165) is 4.90 Å². The minimum Gasteiger partial charge on any atom is -0.347 e. The van der Waals surface area contributed by atoms with E-state index in [1.165, 1.54) is 0 Å². The van der Waals surface area contributed by atoms with E-state index in [1.54, 1.807) is 30.0 Å². The van der Waals surface area contributed by atoms with Crippen LogP contribution in [0.2, 0.25) is 10.0 Å². The standard InChI is InChI=1S/C17H16Cl2N2O2S/c18-12-6-7-14(19)15(10-12)21-17(23)11-20-16(22)8-9-24-13-4-2-1-3-5-13/h1-7,10H,8-9,11H2,(H,20,22)(H,21,23). The molecule has 2 N–H and O–H groups in total. The fourth-order valence-corrected chi connectivity index (χ4v) is 3.04. The molecule has 0 unspecified atom stereocenters. The van der Waals surface area contributed by atoms with Gasteiger partial charge in [-0.15, -0.1) is 11.8 Å². The summed E-state index contributed by atoms with van der Waals surface area (Å²) in [6.07, 6.45) is 0.338. The van der Waals surface area contributed by atoms with Gasteiger partial charge in [0.15, 0.2) is 0 Å². The number of amides is 2. The van der Waals surface area contributed by atoms with E-state index < -0.39 is 0 Å². The number of nitrogens with one attached hydrogen (secondary N) is 2. The first-order chi connectivity index (χ1) is 11.5. The Labute approximate surface area is 154 Å². The van der Waals surface area contributed by atoms with Crippen LogP contribution in [0.3, 0.4) is 0 Å². The maximum Gasteiger partial charge on any atom is 0.243 e. The zero-order chi connectivity index (χ0) is 17.4. The van der Waals surface area contributed by atoms with Crippen LogP contribution in [0, 0.1) is 0 Å². The summed E-state index contributed by atoms with van der Waals surface area (Å²) in [5, 5.41) is 6.05. The minimum absolute atomic E-state index is 0.113. The van der Waals surface area contributed by atoms with Crippen LogP contribution in [0.15, 0.2) is 53.4 Å². The number of anilines is 1. The first kappa shape index (κ1) is 18.6. The maximum absolute atomic E-state index is 11.8. The third-order valence-corrected chi connectivity index (χ3v) is 4.57. The number of rotatable bonds is 7. The molecule has 4 nitrogen and oxygen atoms in total. The Bertz CT molecular complexity index is 711. The van der Waals surface area contributed by atoms with E-state index in [0.29, 0.717) is 27.9 Å². The highest BCUT2D eigenvalue weighted by atomic mass is 35.5. The van der Waals surface area contributed by atoms with Crippen LogP contribution >= 0.6 is 35.0 Å². The normalized spacial score (nSPS) is 10.2. The predicted molar refractivity (Wildman–Crippen MR) is 99.9 cm³/mol. The molecule has 2 aromatic rings. The Morgan fingerprint density at radius 2 is 1.75 bits per heavy atom. The van der Waals surface area contributed by atoms with E-state index in [4.69, 9.17) is 23.2 Å². The van der Waals surface area contributed by atoms with Crippen molar-refractivity contribution < 1.29 is 9.59 Å². The molecule has 2 aromatic carbocycles. The summed E-state index contributed by atoms with van der Waals surface area (Å²) < 4.78 is 0. The molecule has 0 saturated heterocycles. The number of thioether (sulfide) groups is 1. The summed E-state index contributed by atoms with van der Waals surface area (Å²) in [6.45, 7) is -0.113. The van der Waals surface area contributed by atoms with Gasteiger partial charge in [-0.05, 0) is 30.3 Å². The van der Waals surface area contributed by atoms with Gasteiger partial charge in [0.05, 0.1) is 17.3 Å². The van der Waals surface area contributed by atoms with Crippen LogP contribution in [-0.4, -0.2) is 24.1 Å². The fourth-order valence-electron chi connectivity index (χ4n) is 1.83. The molecular formula is C17H16Cl2N2O2S. The predicted octanol–water partition coefficient (Wildman–Crippen LogP) is 4.23. The van der Waals surface area contributed by atoms with Crippen LogP contribution in [-0.2, 0) is 9.59 Å². The van der Waals surface area contributed by atoms with Crippen molar-refractivity contribution in [3.63, 3.8) is 0 Å². The van der Waals surface area contributed by atoms with Crippen molar-refractivity contribution in [2.24, 2.45) is 0 Å². The Balaban J connectivity index is 1.69. The van der Waals surface area contributed by atoms with Crippen LogP contribution in [0.5, 0.6) is 0 Å². The molecule has 0 aromatic heterocycles. The number of halogens is 2. The molecule has 2 amide bonds. The van der Waals surface area contributed by atoms with Crippen LogP contribution in [0.4, 0.5) is 5.69 Å². The van der Waals surface area contributed by atoms with Gasteiger partial charge in [0.2, 0.25) is 11.8 Å². The summed E-state index contributed by atoms with van der Waals surface area (Å²) in [4.78, 5) is 24.7. The Morgan fingerprint density at radius 3 is 2.50 bits per heavy atom. The molecule has 0 heterocycles. The quantitative estimate of drug-likeness (QED) is 0.704. The molecule has 0 atom stereocenters. The minimum atomic E-state index is -0.358. The molecule has 0 radical (unpaired) electrons. The van der Waals surface area contributed by atoms with Gasteiger partial charge in [-0.2, -0.15) is 0 Å². The molecular weight excluding hydrogens is 367 g/mol. The van der Waals surface area contributed by atoms with Gasteiger partial charge in [0.25, 0.3) is 0 Å². The van der Waals surface area contributed by atoms with E-state index in [2.05, 4.69) is 10.6 Å². The van der Waals surface area contributed by atoms with Crippen molar-refractivity contribution in [2.75, 3.05) is 17.6 Å². The first-order valence-electron chi connectivity index (χ1n) is 7.24. The average molecular weight is 383 g/mol. The second-order valence-corrected chi connectivity index (χ2v) is 6.87. The van der Waals surface area contributed by atoms with E-state index in [1.807, 2.05) is 30.3 Å². The van der Waals surface area contributed by atoms with Gasteiger partial charge in [0.1, 0.15) is 0 Å². The zero-order valence-corrected chi connectivity index (χ0v) is 15.0. The Morgan fingerprint density at radius 1 is 1.00 bits per heavy atom. The molecule has 0 aliphatic heterocycles. The topological polar surface area (TPSA) is 58.2 Å². The van der Waals surface area contributed by atoms with Crippen LogP contribution < -0.4 is 10.6 Å². The third kappa shape index (κ3) is 6.43. The second-order valence-electron chi connectivity index (χ2n) is 4.86. The molecule has 126 valence electrons. The highest BCUT2D eigenvalue weighted by molar-refractivity contribution is 7.99. The molecule has 0 spiro atoms. The molecule has 24 heavy (non-hydrogen) atoms. The van der Waals surface area contributed by atoms with Gasteiger partial charge in [-0.3, -0.25) is 9.59 Å². The lowest BCUT2D eigenvalue weighted by molar-refractivity contribution is -0.123. The van der Waals surface area contributed by atoms with E-state index in [-0.39, 0.29) is 18.4 Å². The van der Waals surface area contributed by atoms with Gasteiger partial charge >= 0.3 is 0 Å². The Kier molecular flexibility index (Phi) is 7.43. The summed E-state index contributed by atoms with van der Waals surface area (Å²) in [5.41, 5.74) is 0.419. The van der Waals surface area contributed by atoms with Gasteiger partial charge in [0, 0.05) is 22.1 Å². The number of carbonyl (C=O) groups excluding carboxylic acids is 2. The lowest BCUT2D eigenvalue weighted by Gasteiger charge is -2.09. The third-order valence-electron chi connectivity index (χ3n) is 2.99. The first-order valence-corrected chi connectivity index (χ1v) is 8.98. The lowest BCUT2D eigenvalue weighted by Crippen LogP contribution is -2.33.